The van der Waals surface area contributed by atoms with Crippen LogP contribution < -0.4 is 9.47 Å². The third kappa shape index (κ3) is 3.15. The van der Waals surface area contributed by atoms with E-state index in [1.807, 2.05) is 0 Å². The van der Waals surface area contributed by atoms with Crippen molar-refractivity contribution in [3.63, 3.8) is 0 Å². The number of furan rings is 1. The predicted octanol–water partition coefficient (Wildman–Crippen LogP) is 3.43. The van der Waals surface area contributed by atoms with Crippen molar-refractivity contribution in [1.29, 1.82) is 0 Å². The molecule has 2 aromatic heterocycles. The molecule has 23 heavy (non-hydrogen) atoms. The Morgan fingerprint density at radius 1 is 1.26 bits per heavy atom. The fraction of sp³-hybridized carbons (Fsp3) is 0.133. The number of methoxy groups -OCH3 is 1. The highest BCUT2D eigenvalue weighted by Gasteiger charge is 2.17. The van der Waals surface area contributed by atoms with E-state index in [2.05, 4.69) is 5.16 Å². The first-order valence-electron chi connectivity index (χ1n) is 6.62. The van der Waals surface area contributed by atoms with Gasteiger partial charge in [-0.25, -0.2) is 0 Å². The van der Waals surface area contributed by atoms with Gasteiger partial charge in [0.1, 0.15) is 18.1 Å². The molecule has 0 unspecified atom stereocenters. The van der Waals surface area contributed by atoms with E-state index in [0.717, 1.165) is 0 Å². The van der Waals surface area contributed by atoms with Gasteiger partial charge in [0, 0.05) is 6.07 Å². The highest BCUT2D eigenvalue weighted by atomic mass is 16.6. The standard InChI is InChI=1S/C15H12N2O6/c1-20-11-4-5-13(12(8-11)17(18)19)22-9-10-7-15(23-16-10)14-3-2-6-21-14/h2-8H,9H2,1H3. The first-order chi connectivity index (χ1) is 11.2. The van der Waals surface area contributed by atoms with Gasteiger partial charge in [-0.05, 0) is 24.3 Å². The quantitative estimate of drug-likeness (QED) is 0.507. The summed E-state index contributed by atoms with van der Waals surface area (Å²) in [6.45, 7) is 0.0252. The molecule has 8 nitrogen and oxygen atoms in total. The minimum absolute atomic E-state index is 0.0252. The molecule has 2 heterocycles. The maximum absolute atomic E-state index is 11.1. The van der Waals surface area contributed by atoms with Crippen LogP contribution in [0.15, 0.2) is 51.6 Å². The Hall–Kier alpha value is -3.29. The van der Waals surface area contributed by atoms with Crippen LogP contribution in [0.2, 0.25) is 0 Å². The Bertz CT molecular complexity index is 809. The van der Waals surface area contributed by atoms with Crippen LogP contribution in [0, 0.1) is 10.1 Å². The lowest BCUT2D eigenvalue weighted by atomic mass is 10.2. The number of benzene rings is 1. The fourth-order valence-electron chi connectivity index (χ4n) is 1.96. The first-order valence-corrected chi connectivity index (χ1v) is 6.62. The van der Waals surface area contributed by atoms with Crippen LogP contribution in [0.1, 0.15) is 5.69 Å². The summed E-state index contributed by atoms with van der Waals surface area (Å²) in [6.07, 6.45) is 1.52. The van der Waals surface area contributed by atoms with Crippen molar-refractivity contribution in [3.05, 3.63) is 58.5 Å². The van der Waals surface area contributed by atoms with Gasteiger partial charge in [0.25, 0.3) is 0 Å². The van der Waals surface area contributed by atoms with E-state index in [4.69, 9.17) is 18.4 Å². The summed E-state index contributed by atoms with van der Waals surface area (Å²) in [5, 5.41) is 14.9. The van der Waals surface area contributed by atoms with Gasteiger partial charge in [0.15, 0.2) is 11.5 Å². The third-order valence-corrected chi connectivity index (χ3v) is 3.06. The van der Waals surface area contributed by atoms with E-state index in [1.165, 1.54) is 25.5 Å². The lowest BCUT2D eigenvalue weighted by molar-refractivity contribution is -0.386. The maximum Gasteiger partial charge on any atom is 0.314 e. The molecule has 0 saturated heterocycles. The largest absolute Gasteiger partial charge is 0.496 e. The molecule has 8 heteroatoms. The molecule has 0 bridgehead atoms. The van der Waals surface area contributed by atoms with E-state index in [-0.39, 0.29) is 18.0 Å². The molecule has 118 valence electrons. The molecule has 0 amide bonds. The van der Waals surface area contributed by atoms with Crippen LogP contribution in [0.5, 0.6) is 11.5 Å². The SMILES string of the molecule is COc1ccc(OCc2cc(-c3ccco3)on2)c([N+](=O)[O-])c1. The lowest BCUT2D eigenvalue weighted by Crippen LogP contribution is -1.99. The molecule has 0 aliphatic carbocycles. The van der Waals surface area contributed by atoms with Crippen molar-refractivity contribution in [2.75, 3.05) is 7.11 Å². The summed E-state index contributed by atoms with van der Waals surface area (Å²) in [4.78, 5) is 10.6. The van der Waals surface area contributed by atoms with Crippen LogP contribution in [0.3, 0.4) is 0 Å². The van der Waals surface area contributed by atoms with Crippen LogP contribution in [-0.2, 0) is 6.61 Å². The van der Waals surface area contributed by atoms with Crippen molar-refractivity contribution in [1.82, 2.24) is 5.16 Å². The van der Waals surface area contributed by atoms with Crippen LogP contribution >= 0.6 is 0 Å². The minimum atomic E-state index is -0.533. The Balaban J connectivity index is 1.74. The molecule has 0 N–H and O–H groups in total. The van der Waals surface area contributed by atoms with Crippen molar-refractivity contribution in [2.24, 2.45) is 0 Å². The number of nitro groups is 1. The smallest absolute Gasteiger partial charge is 0.314 e. The van der Waals surface area contributed by atoms with Gasteiger partial charge in [-0.1, -0.05) is 5.16 Å². The molecule has 0 fully saturated rings. The van der Waals surface area contributed by atoms with Crippen molar-refractivity contribution in [3.8, 4) is 23.0 Å². The second-order valence-electron chi connectivity index (χ2n) is 4.54. The predicted molar refractivity (Wildman–Crippen MR) is 78.2 cm³/mol. The van der Waals surface area contributed by atoms with E-state index < -0.39 is 4.92 Å². The molecule has 0 radical (unpaired) electrons. The summed E-state index contributed by atoms with van der Waals surface area (Å²) in [5.74, 6) is 1.50. The van der Waals surface area contributed by atoms with Crippen molar-refractivity contribution in [2.45, 2.75) is 6.61 Å². The summed E-state index contributed by atoms with van der Waals surface area (Å²) in [5.41, 5.74) is 0.306. The molecule has 0 spiro atoms. The summed E-state index contributed by atoms with van der Waals surface area (Å²) in [7, 11) is 1.44. The van der Waals surface area contributed by atoms with E-state index in [0.29, 0.717) is 23.0 Å². The molecular formula is C15H12N2O6. The van der Waals surface area contributed by atoms with Gasteiger partial charge < -0.3 is 18.4 Å². The normalized spacial score (nSPS) is 10.5. The molecule has 0 atom stereocenters. The number of aromatic nitrogens is 1. The zero-order valence-corrected chi connectivity index (χ0v) is 12.1. The van der Waals surface area contributed by atoms with Crippen LogP contribution in [0.25, 0.3) is 11.5 Å². The lowest BCUT2D eigenvalue weighted by Gasteiger charge is -2.06. The number of hydrogen-bond acceptors (Lipinski definition) is 7. The fourth-order valence-corrected chi connectivity index (χ4v) is 1.96. The number of ether oxygens (including phenoxy) is 2. The number of hydrogen-bond donors (Lipinski definition) is 0. The molecule has 0 aliphatic heterocycles. The molecule has 0 aliphatic rings. The van der Waals surface area contributed by atoms with Gasteiger partial charge in [-0.3, -0.25) is 10.1 Å². The Morgan fingerprint density at radius 2 is 2.13 bits per heavy atom. The van der Waals surface area contributed by atoms with E-state index in [9.17, 15) is 10.1 Å². The number of nitrogens with zero attached hydrogens (tertiary/aromatic N) is 2. The van der Waals surface area contributed by atoms with Crippen molar-refractivity contribution < 1.29 is 23.3 Å². The maximum atomic E-state index is 11.1. The highest BCUT2D eigenvalue weighted by Crippen LogP contribution is 2.31. The summed E-state index contributed by atoms with van der Waals surface area (Å²) in [6, 6.07) is 9.47. The highest BCUT2D eigenvalue weighted by molar-refractivity contribution is 5.51. The minimum Gasteiger partial charge on any atom is -0.496 e. The van der Waals surface area contributed by atoms with Gasteiger partial charge in [0.05, 0.1) is 24.4 Å². The summed E-state index contributed by atoms with van der Waals surface area (Å²) < 4.78 is 20.8. The molecule has 0 saturated carbocycles. The topological polar surface area (TPSA) is 101 Å². The second-order valence-corrected chi connectivity index (χ2v) is 4.54. The monoisotopic (exact) mass is 316 g/mol. The van der Waals surface area contributed by atoms with Gasteiger partial charge >= 0.3 is 5.69 Å². The second kappa shape index (κ2) is 6.22. The molecule has 1 aromatic carbocycles. The van der Waals surface area contributed by atoms with Crippen molar-refractivity contribution >= 4 is 5.69 Å². The Morgan fingerprint density at radius 3 is 2.83 bits per heavy atom. The Kier molecular flexibility index (Phi) is 3.96. The van der Waals surface area contributed by atoms with E-state index >= 15 is 0 Å². The van der Waals surface area contributed by atoms with E-state index in [1.54, 1.807) is 24.3 Å². The van der Waals surface area contributed by atoms with Gasteiger partial charge in [-0.15, -0.1) is 0 Å². The van der Waals surface area contributed by atoms with Gasteiger partial charge in [0.2, 0.25) is 5.76 Å². The zero-order chi connectivity index (χ0) is 16.2. The van der Waals surface area contributed by atoms with Crippen LogP contribution in [-0.4, -0.2) is 17.2 Å². The van der Waals surface area contributed by atoms with Gasteiger partial charge in [-0.2, -0.15) is 0 Å². The molecule has 3 rings (SSSR count). The van der Waals surface area contributed by atoms with Crippen LogP contribution in [0.4, 0.5) is 5.69 Å². The third-order valence-electron chi connectivity index (χ3n) is 3.06. The average Bonchev–Trinajstić information content (AvgIpc) is 3.23. The Labute approximate surface area is 130 Å². The first kappa shape index (κ1) is 14.6. The summed E-state index contributed by atoms with van der Waals surface area (Å²) >= 11 is 0. The number of rotatable bonds is 6. The molecular weight excluding hydrogens is 304 g/mol. The number of nitro benzene ring substituents is 1. The zero-order valence-electron chi connectivity index (χ0n) is 12.1. The molecule has 3 aromatic rings. The average molecular weight is 316 g/mol.